The van der Waals surface area contributed by atoms with Crippen molar-refractivity contribution in [2.24, 2.45) is 0 Å². The monoisotopic (exact) mass is 293 g/mol. The van der Waals surface area contributed by atoms with Crippen LogP contribution in [0, 0.1) is 0 Å². The summed E-state index contributed by atoms with van der Waals surface area (Å²) < 4.78 is 4.71. The molecular formula is C19H37N2+. The van der Waals surface area contributed by atoms with Crippen LogP contribution in [-0.4, -0.2) is 4.57 Å². The first-order chi connectivity index (χ1) is 10.4. The van der Waals surface area contributed by atoms with E-state index in [1.54, 1.807) is 0 Å². The van der Waals surface area contributed by atoms with Crippen LogP contribution >= 0.6 is 0 Å². The van der Waals surface area contributed by atoms with Crippen LogP contribution in [0.25, 0.3) is 0 Å². The minimum atomic E-state index is 1.19. The third kappa shape index (κ3) is 9.71. The highest BCUT2D eigenvalue weighted by Crippen LogP contribution is 2.07. The Balaban J connectivity index is 2.01. The van der Waals surface area contributed by atoms with Gasteiger partial charge in [0.1, 0.15) is 12.4 Å². The first-order valence-corrected chi connectivity index (χ1v) is 9.41. The average Bonchev–Trinajstić information content (AvgIpc) is 2.94. The van der Waals surface area contributed by atoms with Gasteiger partial charge < -0.3 is 0 Å². The van der Waals surface area contributed by atoms with Crippen molar-refractivity contribution in [1.82, 2.24) is 4.57 Å². The zero-order valence-electron chi connectivity index (χ0n) is 14.5. The molecule has 1 aromatic heterocycles. The summed E-state index contributed by atoms with van der Waals surface area (Å²) in [7, 11) is 0. The van der Waals surface area contributed by atoms with Gasteiger partial charge in [0.25, 0.3) is 0 Å². The fraction of sp³-hybridized carbons (Fsp3) is 0.842. The third-order valence-corrected chi connectivity index (χ3v) is 4.29. The highest BCUT2D eigenvalue weighted by Gasteiger charge is 2.03. The average molecular weight is 294 g/mol. The van der Waals surface area contributed by atoms with Crippen LogP contribution in [0.3, 0.4) is 0 Å². The van der Waals surface area contributed by atoms with Crippen LogP contribution in [0.4, 0.5) is 0 Å². The minimum Gasteiger partial charge on any atom is -0.237 e. The lowest BCUT2D eigenvalue weighted by atomic mass is 10.1. The molecule has 0 saturated heterocycles. The molecule has 0 bridgehead atoms. The van der Waals surface area contributed by atoms with Gasteiger partial charge in [-0.1, -0.05) is 65.2 Å². The van der Waals surface area contributed by atoms with Crippen LogP contribution in [-0.2, 0) is 13.1 Å². The summed E-state index contributed by atoms with van der Waals surface area (Å²) >= 11 is 0. The molecule has 0 aromatic carbocycles. The molecule has 2 nitrogen and oxygen atoms in total. The predicted molar refractivity (Wildman–Crippen MR) is 91.4 cm³/mol. The lowest BCUT2D eigenvalue weighted by molar-refractivity contribution is -0.696. The van der Waals surface area contributed by atoms with Gasteiger partial charge in [-0.05, 0) is 25.7 Å². The summed E-state index contributed by atoms with van der Waals surface area (Å²) in [6.45, 7) is 6.94. The molecule has 0 spiro atoms. The van der Waals surface area contributed by atoms with E-state index >= 15 is 0 Å². The van der Waals surface area contributed by atoms with Gasteiger partial charge in [0, 0.05) is 0 Å². The molecule has 0 saturated carbocycles. The van der Waals surface area contributed by atoms with Crippen molar-refractivity contribution in [3.05, 3.63) is 18.7 Å². The standard InChI is InChI=1S/C19H37N2/c1-3-5-7-9-10-12-14-16-21-18-17-20(19-21)15-13-11-8-6-4-2/h17-19H,3-16H2,1-2H3/q+1. The smallest absolute Gasteiger partial charge is 0.237 e. The molecular weight excluding hydrogens is 256 g/mol. The van der Waals surface area contributed by atoms with Crippen LogP contribution in [0.5, 0.6) is 0 Å². The maximum Gasteiger partial charge on any atom is 0.243 e. The number of nitrogens with zero attached hydrogens (tertiary/aromatic N) is 2. The van der Waals surface area contributed by atoms with Crippen molar-refractivity contribution in [3.8, 4) is 0 Å². The molecule has 1 aromatic rings. The summed E-state index contributed by atoms with van der Waals surface area (Å²) in [5.41, 5.74) is 0. The van der Waals surface area contributed by atoms with Crippen molar-refractivity contribution in [2.75, 3.05) is 0 Å². The van der Waals surface area contributed by atoms with Crippen LogP contribution in [0.2, 0.25) is 0 Å². The van der Waals surface area contributed by atoms with E-state index < -0.39 is 0 Å². The number of unbranched alkanes of at least 4 members (excludes halogenated alkanes) is 10. The predicted octanol–water partition coefficient (Wildman–Crippen LogP) is 5.50. The SMILES string of the molecule is CCCCCCCCCn1cc[n+](CCCCCCC)c1. The number of rotatable bonds is 14. The first kappa shape index (κ1) is 18.3. The summed E-state index contributed by atoms with van der Waals surface area (Å²) in [5, 5.41) is 0. The highest BCUT2D eigenvalue weighted by molar-refractivity contribution is 4.66. The quantitative estimate of drug-likeness (QED) is 0.316. The number of hydrogen-bond donors (Lipinski definition) is 0. The number of aromatic nitrogens is 2. The van der Waals surface area contributed by atoms with Crippen LogP contribution < -0.4 is 4.57 Å². The van der Waals surface area contributed by atoms with E-state index in [1.807, 2.05) is 0 Å². The third-order valence-electron chi connectivity index (χ3n) is 4.29. The second-order valence-electron chi connectivity index (χ2n) is 6.42. The maximum absolute atomic E-state index is 2.36. The Morgan fingerprint density at radius 1 is 0.714 bits per heavy atom. The molecule has 1 heterocycles. The van der Waals surface area contributed by atoms with Crippen LogP contribution in [0.1, 0.15) is 90.9 Å². The van der Waals surface area contributed by atoms with Crippen molar-refractivity contribution < 1.29 is 4.57 Å². The molecule has 0 N–H and O–H groups in total. The largest absolute Gasteiger partial charge is 0.243 e. The molecule has 0 atom stereocenters. The Labute approximate surface area is 132 Å². The molecule has 122 valence electrons. The van der Waals surface area contributed by atoms with Crippen molar-refractivity contribution in [2.45, 2.75) is 104 Å². The number of aryl methyl sites for hydroxylation is 2. The summed E-state index contributed by atoms with van der Waals surface area (Å²) in [6, 6.07) is 0. The van der Waals surface area contributed by atoms with Gasteiger partial charge in [-0.25, -0.2) is 9.13 Å². The zero-order valence-corrected chi connectivity index (χ0v) is 14.5. The van der Waals surface area contributed by atoms with Gasteiger partial charge in [0.2, 0.25) is 6.33 Å². The second-order valence-corrected chi connectivity index (χ2v) is 6.42. The van der Waals surface area contributed by atoms with Gasteiger partial charge in [-0.15, -0.1) is 0 Å². The van der Waals surface area contributed by atoms with E-state index in [0.717, 1.165) is 0 Å². The minimum absolute atomic E-state index is 1.19. The topological polar surface area (TPSA) is 8.81 Å². The van der Waals surface area contributed by atoms with Crippen LogP contribution in [0.15, 0.2) is 18.7 Å². The molecule has 0 aliphatic rings. The number of hydrogen-bond acceptors (Lipinski definition) is 0. The molecule has 0 amide bonds. The maximum atomic E-state index is 2.36. The first-order valence-electron chi connectivity index (χ1n) is 9.41. The van der Waals surface area contributed by atoms with Gasteiger partial charge in [0.05, 0.1) is 13.1 Å². The van der Waals surface area contributed by atoms with Crippen molar-refractivity contribution in [3.63, 3.8) is 0 Å². The van der Waals surface area contributed by atoms with E-state index in [1.165, 1.54) is 90.1 Å². The lowest BCUT2D eigenvalue weighted by Gasteiger charge is -2.00. The fourth-order valence-electron chi connectivity index (χ4n) is 2.85. The van der Waals surface area contributed by atoms with E-state index in [0.29, 0.717) is 0 Å². The Morgan fingerprint density at radius 2 is 1.29 bits per heavy atom. The van der Waals surface area contributed by atoms with Gasteiger partial charge in [0.15, 0.2) is 0 Å². The molecule has 21 heavy (non-hydrogen) atoms. The molecule has 0 aliphatic carbocycles. The van der Waals surface area contributed by atoms with Gasteiger partial charge in [-0.3, -0.25) is 0 Å². The number of imidazole rings is 1. The fourth-order valence-corrected chi connectivity index (χ4v) is 2.85. The Kier molecular flexibility index (Phi) is 11.2. The molecule has 0 fully saturated rings. The Morgan fingerprint density at radius 3 is 1.95 bits per heavy atom. The van der Waals surface area contributed by atoms with E-state index in [-0.39, 0.29) is 0 Å². The molecule has 1 rings (SSSR count). The summed E-state index contributed by atoms with van der Waals surface area (Å²) in [5.74, 6) is 0. The second kappa shape index (κ2) is 12.9. The van der Waals surface area contributed by atoms with Crippen molar-refractivity contribution >= 4 is 0 Å². The summed E-state index contributed by atoms with van der Waals surface area (Å²) in [4.78, 5) is 0. The highest BCUT2D eigenvalue weighted by atomic mass is 15.1. The molecule has 0 radical (unpaired) electrons. The molecule has 0 aliphatic heterocycles. The zero-order chi connectivity index (χ0) is 15.2. The molecule has 0 unspecified atom stereocenters. The normalized spacial score (nSPS) is 11.1. The Bertz CT molecular complexity index is 330. The van der Waals surface area contributed by atoms with E-state index in [9.17, 15) is 0 Å². The molecule has 2 heteroatoms. The summed E-state index contributed by atoms with van der Waals surface area (Å²) in [6.07, 6.45) is 23.3. The van der Waals surface area contributed by atoms with E-state index in [4.69, 9.17) is 0 Å². The van der Waals surface area contributed by atoms with Gasteiger partial charge >= 0.3 is 0 Å². The lowest BCUT2D eigenvalue weighted by Crippen LogP contribution is -2.30. The van der Waals surface area contributed by atoms with Gasteiger partial charge in [-0.2, -0.15) is 0 Å². The van der Waals surface area contributed by atoms with E-state index in [2.05, 4.69) is 41.7 Å². The van der Waals surface area contributed by atoms with Crippen molar-refractivity contribution in [1.29, 1.82) is 0 Å². The Hall–Kier alpha value is -0.790.